The molecule has 0 bridgehead atoms. The number of amides is 1. The van der Waals surface area contributed by atoms with E-state index in [0.717, 1.165) is 29.3 Å². The van der Waals surface area contributed by atoms with Crippen molar-refractivity contribution in [1.29, 1.82) is 0 Å². The Balaban J connectivity index is 1.78. The second-order valence-electron chi connectivity index (χ2n) is 7.56. The second kappa shape index (κ2) is 8.75. The normalized spacial score (nSPS) is 22.2. The molecule has 0 aliphatic heterocycles. The highest BCUT2D eigenvalue weighted by atomic mass is 32.2. The summed E-state index contributed by atoms with van der Waals surface area (Å²) in [7, 11) is 0. The largest absolute Gasteiger partial charge is 0.351 e. The van der Waals surface area contributed by atoms with Crippen LogP contribution in [0.2, 0.25) is 0 Å². The number of aliphatic imine (C=N–C) groups is 1. The molecule has 3 rings (SSSR count). The van der Waals surface area contributed by atoms with Gasteiger partial charge in [-0.15, -0.1) is 11.8 Å². The second-order valence-corrected chi connectivity index (χ2v) is 8.40. The molecule has 4 heteroatoms. The standard InChI is InChI=1S/C23H28N2OS/c1-17-11-13-23(14-12-17,19-7-5-4-6-8-19)16-25-22(26)18-9-10-20(24-2)21(15-18)27-3/h4-10,15,17H,2,11-14,16H2,1,3H3,(H,25,26). The highest BCUT2D eigenvalue weighted by Crippen LogP contribution is 2.41. The van der Waals surface area contributed by atoms with Gasteiger partial charge in [0.15, 0.2) is 0 Å². The topological polar surface area (TPSA) is 41.5 Å². The molecule has 1 amide bonds. The third kappa shape index (κ3) is 4.44. The number of rotatable bonds is 6. The Morgan fingerprint density at radius 3 is 2.56 bits per heavy atom. The lowest BCUT2D eigenvalue weighted by Crippen LogP contribution is -2.43. The van der Waals surface area contributed by atoms with Crippen LogP contribution in [0.3, 0.4) is 0 Å². The minimum atomic E-state index is -0.0187. The maximum atomic E-state index is 12.8. The first kappa shape index (κ1) is 19.7. The monoisotopic (exact) mass is 380 g/mol. The summed E-state index contributed by atoms with van der Waals surface area (Å²) in [6.07, 6.45) is 6.64. The third-order valence-electron chi connectivity index (χ3n) is 5.82. The maximum Gasteiger partial charge on any atom is 0.251 e. The van der Waals surface area contributed by atoms with Gasteiger partial charge in [-0.25, -0.2) is 0 Å². The van der Waals surface area contributed by atoms with E-state index in [1.165, 1.54) is 18.4 Å². The Hall–Kier alpha value is -2.07. The Labute approximate surface area is 166 Å². The minimum absolute atomic E-state index is 0.0187. The van der Waals surface area contributed by atoms with Crippen LogP contribution in [0.25, 0.3) is 0 Å². The van der Waals surface area contributed by atoms with Crippen LogP contribution in [0, 0.1) is 5.92 Å². The molecule has 0 radical (unpaired) electrons. The van der Waals surface area contributed by atoms with E-state index in [1.807, 2.05) is 24.5 Å². The van der Waals surface area contributed by atoms with Gasteiger partial charge in [0.1, 0.15) is 0 Å². The van der Waals surface area contributed by atoms with Gasteiger partial charge in [0.25, 0.3) is 5.91 Å². The van der Waals surface area contributed by atoms with Gasteiger partial charge in [0.05, 0.1) is 5.69 Å². The van der Waals surface area contributed by atoms with Gasteiger partial charge in [-0.2, -0.15) is 0 Å². The van der Waals surface area contributed by atoms with E-state index in [4.69, 9.17) is 0 Å². The molecule has 1 fully saturated rings. The number of nitrogens with one attached hydrogen (secondary N) is 1. The van der Waals surface area contributed by atoms with Crippen molar-refractivity contribution in [3.63, 3.8) is 0 Å². The number of nitrogens with zero attached hydrogens (tertiary/aromatic N) is 1. The molecule has 1 saturated carbocycles. The van der Waals surface area contributed by atoms with E-state index < -0.39 is 0 Å². The molecule has 0 aromatic heterocycles. The molecule has 1 N–H and O–H groups in total. The summed E-state index contributed by atoms with van der Waals surface area (Å²) in [6, 6.07) is 16.3. The van der Waals surface area contributed by atoms with E-state index >= 15 is 0 Å². The summed E-state index contributed by atoms with van der Waals surface area (Å²) in [6.45, 7) is 6.60. The van der Waals surface area contributed by atoms with Crippen molar-refractivity contribution >= 4 is 30.1 Å². The van der Waals surface area contributed by atoms with Crippen LogP contribution in [-0.2, 0) is 5.41 Å². The SMILES string of the molecule is C=Nc1ccc(C(=O)NCC2(c3ccccc3)CCC(C)CC2)cc1SC. The van der Waals surface area contributed by atoms with Crippen molar-refractivity contribution in [1.82, 2.24) is 5.32 Å². The Morgan fingerprint density at radius 1 is 1.22 bits per heavy atom. The molecule has 0 spiro atoms. The zero-order valence-corrected chi connectivity index (χ0v) is 17.0. The van der Waals surface area contributed by atoms with Crippen molar-refractivity contribution in [2.45, 2.75) is 42.9 Å². The molecule has 3 nitrogen and oxygen atoms in total. The van der Waals surface area contributed by atoms with Crippen LogP contribution in [0.5, 0.6) is 0 Å². The van der Waals surface area contributed by atoms with Crippen LogP contribution in [0.1, 0.15) is 48.5 Å². The van der Waals surface area contributed by atoms with Crippen molar-refractivity contribution < 1.29 is 4.79 Å². The highest BCUT2D eigenvalue weighted by molar-refractivity contribution is 7.98. The van der Waals surface area contributed by atoms with Crippen LogP contribution in [0.4, 0.5) is 5.69 Å². The zero-order chi connectivity index (χ0) is 19.3. The van der Waals surface area contributed by atoms with Gasteiger partial charge in [-0.1, -0.05) is 37.3 Å². The van der Waals surface area contributed by atoms with E-state index in [9.17, 15) is 4.79 Å². The molecule has 2 aromatic carbocycles. The lowest BCUT2D eigenvalue weighted by molar-refractivity contribution is 0.0933. The van der Waals surface area contributed by atoms with Crippen LogP contribution in [-0.4, -0.2) is 25.4 Å². The summed E-state index contributed by atoms with van der Waals surface area (Å²) in [5.74, 6) is 0.746. The van der Waals surface area contributed by atoms with Crippen LogP contribution in [0.15, 0.2) is 58.4 Å². The average molecular weight is 381 g/mol. The highest BCUT2D eigenvalue weighted by Gasteiger charge is 2.36. The van der Waals surface area contributed by atoms with Gasteiger partial charge in [-0.3, -0.25) is 9.79 Å². The number of carbonyl (C=O) groups is 1. The predicted octanol–water partition coefficient (Wildman–Crippen LogP) is 5.62. The molecule has 0 saturated heterocycles. The first-order valence-corrected chi connectivity index (χ1v) is 10.8. The average Bonchev–Trinajstić information content (AvgIpc) is 2.73. The Bertz CT molecular complexity index is 795. The zero-order valence-electron chi connectivity index (χ0n) is 16.2. The molecule has 0 atom stereocenters. The number of hydrogen-bond donors (Lipinski definition) is 1. The lowest BCUT2D eigenvalue weighted by Gasteiger charge is -2.40. The summed E-state index contributed by atoms with van der Waals surface area (Å²) in [4.78, 5) is 17.8. The van der Waals surface area contributed by atoms with Crippen LogP contribution >= 0.6 is 11.8 Å². The lowest BCUT2D eigenvalue weighted by atomic mass is 9.67. The molecular formula is C23H28N2OS. The molecule has 0 heterocycles. The van der Waals surface area contributed by atoms with Gasteiger partial charge < -0.3 is 5.32 Å². The molecule has 27 heavy (non-hydrogen) atoms. The number of benzene rings is 2. The number of thioether (sulfide) groups is 1. The summed E-state index contributed by atoms with van der Waals surface area (Å²) < 4.78 is 0. The fraction of sp³-hybridized carbons (Fsp3) is 0.391. The molecular weight excluding hydrogens is 352 g/mol. The van der Waals surface area contributed by atoms with Crippen molar-refractivity contribution in [3.05, 3.63) is 59.7 Å². The summed E-state index contributed by atoms with van der Waals surface area (Å²) in [5, 5.41) is 3.22. The summed E-state index contributed by atoms with van der Waals surface area (Å²) in [5.41, 5.74) is 2.88. The van der Waals surface area contributed by atoms with Gasteiger partial charge in [0, 0.05) is 22.4 Å². The Morgan fingerprint density at radius 2 is 1.93 bits per heavy atom. The van der Waals surface area contributed by atoms with Crippen LogP contribution < -0.4 is 5.32 Å². The van der Waals surface area contributed by atoms with E-state index in [-0.39, 0.29) is 11.3 Å². The molecule has 1 aliphatic carbocycles. The number of hydrogen-bond acceptors (Lipinski definition) is 3. The van der Waals surface area contributed by atoms with Crippen molar-refractivity contribution in [3.8, 4) is 0 Å². The maximum absolute atomic E-state index is 12.8. The predicted molar refractivity (Wildman–Crippen MR) is 116 cm³/mol. The quantitative estimate of drug-likeness (QED) is 0.522. The van der Waals surface area contributed by atoms with E-state index in [0.29, 0.717) is 12.1 Å². The van der Waals surface area contributed by atoms with Crippen molar-refractivity contribution in [2.24, 2.45) is 10.9 Å². The first-order valence-electron chi connectivity index (χ1n) is 9.56. The van der Waals surface area contributed by atoms with Gasteiger partial charge >= 0.3 is 0 Å². The Kier molecular flexibility index (Phi) is 6.38. The molecule has 1 aliphatic rings. The van der Waals surface area contributed by atoms with Gasteiger partial charge in [0.2, 0.25) is 0 Å². The molecule has 142 valence electrons. The minimum Gasteiger partial charge on any atom is -0.351 e. The first-order chi connectivity index (χ1) is 13.1. The van der Waals surface area contributed by atoms with Crippen molar-refractivity contribution in [2.75, 3.05) is 12.8 Å². The fourth-order valence-corrected chi connectivity index (χ4v) is 4.56. The number of carbonyl (C=O) groups excluding carboxylic acids is 1. The summed E-state index contributed by atoms with van der Waals surface area (Å²) >= 11 is 1.58. The third-order valence-corrected chi connectivity index (χ3v) is 6.58. The fourth-order valence-electron chi connectivity index (χ4n) is 3.97. The van der Waals surface area contributed by atoms with E-state index in [1.54, 1.807) is 11.8 Å². The van der Waals surface area contributed by atoms with Gasteiger partial charge in [-0.05, 0) is 68.3 Å². The molecule has 0 unspecified atom stereocenters. The van der Waals surface area contributed by atoms with E-state index in [2.05, 4.69) is 54.3 Å². The smallest absolute Gasteiger partial charge is 0.251 e. The molecule has 2 aromatic rings.